The molecule has 1 aliphatic rings. The van der Waals surface area contributed by atoms with Crippen LogP contribution in [0, 0.1) is 17.2 Å². The maximum atomic E-state index is 12.6. The molecule has 0 saturated heterocycles. The Kier molecular flexibility index (Phi) is 6.91. The number of rotatable bonds is 7. The number of nitrogens with zero attached hydrogens (tertiary/aromatic N) is 2. The predicted octanol–water partition coefficient (Wildman–Crippen LogP) is 4.33. The Morgan fingerprint density at radius 1 is 1.44 bits per heavy atom. The number of carbonyl (C=O) groups excluding carboxylic acids is 1. The summed E-state index contributed by atoms with van der Waals surface area (Å²) in [6, 6.07) is 7.13. The summed E-state index contributed by atoms with van der Waals surface area (Å²) in [6.45, 7) is 7.54. The molecule has 0 bridgehead atoms. The van der Waals surface area contributed by atoms with Crippen LogP contribution in [0.25, 0.3) is 6.08 Å². The highest BCUT2D eigenvalue weighted by Crippen LogP contribution is 2.33. The fourth-order valence-corrected chi connectivity index (χ4v) is 3.06. The lowest BCUT2D eigenvalue weighted by Crippen LogP contribution is -2.44. The number of hydrogen-bond donors (Lipinski definition) is 1. The molecule has 128 valence electrons. The van der Waals surface area contributed by atoms with E-state index in [2.05, 4.69) is 39.4 Å². The van der Waals surface area contributed by atoms with Crippen molar-refractivity contribution in [2.45, 2.75) is 25.3 Å². The van der Waals surface area contributed by atoms with Crippen molar-refractivity contribution in [1.29, 1.82) is 5.26 Å². The van der Waals surface area contributed by atoms with Gasteiger partial charge in [-0.15, -0.1) is 0 Å². The summed E-state index contributed by atoms with van der Waals surface area (Å²) in [5.41, 5.74) is 1.48. The molecule has 1 aromatic heterocycles. The number of nitrogens with one attached hydrogen (secondary N) is 1. The largest absolute Gasteiger partial charge is 0.344 e. The minimum absolute atomic E-state index is 0.0249. The molecule has 25 heavy (non-hydrogen) atoms. The van der Waals surface area contributed by atoms with Crippen LogP contribution in [0.5, 0.6) is 0 Å². The number of halogens is 1. The third-order valence-electron chi connectivity index (χ3n) is 4.21. The van der Waals surface area contributed by atoms with E-state index in [1.807, 2.05) is 12.1 Å². The van der Waals surface area contributed by atoms with Gasteiger partial charge in [0.25, 0.3) is 5.91 Å². The lowest BCUT2D eigenvalue weighted by Gasteiger charge is -2.35. The molecule has 2 rings (SSSR count). The molecule has 1 saturated carbocycles. The zero-order valence-corrected chi connectivity index (χ0v) is 15.5. The van der Waals surface area contributed by atoms with E-state index in [1.165, 1.54) is 6.08 Å². The lowest BCUT2D eigenvalue weighted by atomic mass is 9.76. The molecule has 1 aromatic rings. The molecule has 1 amide bonds. The molecular weight excluding hydrogens is 378 g/mol. The van der Waals surface area contributed by atoms with Crippen LogP contribution in [0.4, 0.5) is 0 Å². The molecule has 0 radical (unpaired) electrons. The quantitative estimate of drug-likeness (QED) is 0.322. The highest BCUT2D eigenvalue weighted by Gasteiger charge is 2.30. The minimum atomic E-state index is -0.405. The second-order valence-corrected chi connectivity index (χ2v) is 6.62. The molecule has 4 nitrogen and oxygen atoms in total. The first kappa shape index (κ1) is 18.9. The number of pyridine rings is 1. The highest BCUT2D eigenvalue weighted by molar-refractivity contribution is 9.10. The molecule has 1 fully saturated rings. The van der Waals surface area contributed by atoms with Crippen LogP contribution < -0.4 is 5.32 Å². The Morgan fingerprint density at radius 3 is 2.72 bits per heavy atom. The van der Waals surface area contributed by atoms with E-state index in [0.717, 1.165) is 24.8 Å². The zero-order chi connectivity index (χ0) is 18.2. The normalized spacial score (nSPS) is 16.3. The number of nitriles is 1. The average Bonchev–Trinajstić information content (AvgIpc) is 2.55. The van der Waals surface area contributed by atoms with E-state index in [9.17, 15) is 10.1 Å². The maximum absolute atomic E-state index is 12.6. The fraction of sp³-hybridized carbons (Fsp3) is 0.250. The number of amides is 1. The van der Waals surface area contributed by atoms with Crippen molar-refractivity contribution >= 4 is 27.9 Å². The molecule has 0 spiro atoms. The number of carbonyl (C=O) groups is 1. The van der Waals surface area contributed by atoms with Crippen LogP contribution in [0.1, 0.15) is 25.0 Å². The van der Waals surface area contributed by atoms with Gasteiger partial charge in [0.15, 0.2) is 0 Å². The van der Waals surface area contributed by atoms with Gasteiger partial charge >= 0.3 is 0 Å². The Labute approximate surface area is 156 Å². The summed E-state index contributed by atoms with van der Waals surface area (Å²) in [7, 11) is 0. The Balaban J connectivity index is 2.23. The second kappa shape index (κ2) is 9.14. The van der Waals surface area contributed by atoms with Gasteiger partial charge in [0.2, 0.25) is 0 Å². The SMILES string of the molecule is C=C/C=C(\C=C)C(NC(=O)/C(C#N)=C/c1cccc(Br)n1)C1CCC1. The minimum Gasteiger partial charge on any atom is -0.344 e. The van der Waals surface area contributed by atoms with E-state index >= 15 is 0 Å². The molecule has 0 aromatic carbocycles. The second-order valence-electron chi connectivity index (χ2n) is 5.80. The monoisotopic (exact) mass is 397 g/mol. The molecule has 5 heteroatoms. The van der Waals surface area contributed by atoms with Crippen molar-refractivity contribution in [3.05, 3.63) is 71.0 Å². The molecule has 0 aliphatic heterocycles. The molecule has 1 N–H and O–H groups in total. The fourth-order valence-electron chi connectivity index (χ4n) is 2.70. The van der Waals surface area contributed by atoms with Crippen LogP contribution in [0.3, 0.4) is 0 Å². The van der Waals surface area contributed by atoms with Gasteiger partial charge in [-0.25, -0.2) is 4.98 Å². The third-order valence-corrected chi connectivity index (χ3v) is 4.65. The van der Waals surface area contributed by atoms with Gasteiger partial charge in [0, 0.05) is 0 Å². The number of allylic oxidation sites excluding steroid dienone is 2. The maximum Gasteiger partial charge on any atom is 0.262 e. The average molecular weight is 398 g/mol. The van der Waals surface area contributed by atoms with E-state index in [0.29, 0.717) is 16.2 Å². The van der Waals surface area contributed by atoms with Crippen molar-refractivity contribution in [3.8, 4) is 6.07 Å². The van der Waals surface area contributed by atoms with E-state index < -0.39 is 5.91 Å². The molecule has 1 unspecified atom stereocenters. The van der Waals surface area contributed by atoms with E-state index in [4.69, 9.17) is 0 Å². The van der Waals surface area contributed by atoms with Crippen molar-refractivity contribution < 1.29 is 4.79 Å². The van der Waals surface area contributed by atoms with Crippen molar-refractivity contribution in [2.75, 3.05) is 0 Å². The number of aromatic nitrogens is 1. The zero-order valence-electron chi connectivity index (χ0n) is 13.9. The summed E-state index contributed by atoms with van der Waals surface area (Å²) in [5.74, 6) is -0.0462. The van der Waals surface area contributed by atoms with Gasteiger partial charge in [-0.3, -0.25) is 4.79 Å². The summed E-state index contributed by atoms with van der Waals surface area (Å²) < 4.78 is 0.647. The smallest absolute Gasteiger partial charge is 0.262 e. The Hall–Kier alpha value is -2.45. The highest BCUT2D eigenvalue weighted by atomic mass is 79.9. The van der Waals surface area contributed by atoms with Crippen molar-refractivity contribution in [1.82, 2.24) is 10.3 Å². The standard InChI is InChI=1S/C20H20BrN3O/c1-3-7-14(4-2)19(15-8-5-9-15)24-20(25)16(13-22)12-17-10-6-11-18(21)23-17/h3-4,6-7,10-12,15,19H,1-2,5,8-9H2,(H,24,25)/b14-7+,16-12+. The van der Waals surface area contributed by atoms with Crippen molar-refractivity contribution in [2.24, 2.45) is 5.92 Å². The molecular formula is C20H20BrN3O. The number of hydrogen-bond acceptors (Lipinski definition) is 3. The third kappa shape index (κ3) is 5.01. The summed E-state index contributed by atoms with van der Waals surface area (Å²) >= 11 is 3.28. The van der Waals surface area contributed by atoms with Gasteiger partial charge < -0.3 is 5.32 Å². The molecule has 1 heterocycles. The molecule has 1 aliphatic carbocycles. The van der Waals surface area contributed by atoms with Gasteiger partial charge in [-0.1, -0.05) is 43.9 Å². The van der Waals surface area contributed by atoms with Gasteiger partial charge in [-0.05, 0) is 58.5 Å². The van der Waals surface area contributed by atoms with Crippen LogP contribution in [0.2, 0.25) is 0 Å². The first-order chi connectivity index (χ1) is 12.1. The van der Waals surface area contributed by atoms with Gasteiger partial charge in [-0.2, -0.15) is 5.26 Å². The summed E-state index contributed by atoms with van der Waals surface area (Å²) in [6.07, 6.45) is 10.00. The molecule has 1 atom stereocenters. The van der Waals surface area contributed by atoms with Crippen LogP contribution in [-0.4, -0.2) is 16.9 Å². The predicted molar refractivity (Wildman–Crippen MR) is 103 cm³/mol. The van der Waals surface area contributed by atoms with Crippen molar-refractivity contribution in [3.63, 3.8) is 0 Å². The van der Waals surface area contributed by atoms with Crippen LogP contribution in [-0.2, 0) is 4.79 Å². The first-order valence-corrected chi connectivity index (χ1v) is 8.88. The Morgan fingerprint density at radius 2 is 2.20 bits per heavy atom. The van der Waals surface area contributed by atoms with E-state index in [1.54, 1.807) is 30.4 Å². The van der Waals surface area contributed by atoms with Gasteiger partial charge in [0.1, 0.15) is 16.2 Å². The Bertz CT molecular complexity index is 769. The van der Waals surface area contributed by atoms with Gasteiger partial charge in [0.05, 0.1) is 11.7 Å². The summed E-state index contributed by atoms with van der Waals surface area (Å²) in [4.78, 5) is 16.8. The lowest BCUT2D eigenvalue weighted by molar-refractivity contribution is -0.118. The topological polar surface area (TPSA) is 65.8 Å². The van der Waals surface area contributed by atoms with Crippen LogP contribution >= 0.6 is 15.9 Å². The van der Waals surface area contributed by atoms with E-state index in [-0.39, 0.29) is 11.6 Å². The van der Waals surface area contributed by atoms with Crippen LogP contribution in [0.15, 0.2) is 65.3 Å². The summed E-state index contributed by atoms with van der Waals surface area (Å²) in [5, 5.41) is 12.4. The first-order valence-electron chi connectivity index (χ1n) is 8.09.